The van der Waals surface area contributed by atoms with Crippen LogP contribution in [0, 0.1) is 29.0 Å². The zero-order chi connectivity index (χ0) is 19.9. The summed E-state index contributed by atoms with van der Waals surface area (Å²) in [7, 11) is 0. The van der Waals surface area contributed by atoms with Crippen LogP contribution in [0.2, 0.25) is 0 Å². The van der Waals surface area contributed by atoms with Crippen LogP contribution < -0.4 is 0 Å². The van der Waals surface area contributed by atoms with Crippen LogP contribution in [-0.4, -0.2) is 12.4 Å². The zero-order valence-corrected chi connectivity index (χ0v) is 12.2. The molecule has 0 heterocycles. The smallest absolute Gasteiger partial charge is 0.218 e. The van der Waals surface area contributed by atoms with E-state index in [0.717, 1.165) is 18.2 Å². The summed E-state index contributed by atoms with van der Waals surface area (Å²) < 4.78 is 120. The largest absolute Gasteiger partial charge is 0.435 e. The molecule has 2 aromatic carbocycles. The molecule has 10 heteroatoms. The lowest BCUT2D eigenvalue weighted by atomic mass is 9.85. The summed E-state index contributed by atoms with van der Waals surface area (Å²) in [6, 6.07) is 6.29. The molecule has 0 amide bonds. The van der Waals surface area contributed by atoms with Gasteiger partial charge in [-0.3, -0.25) is 0 Å². The summed E-state index contributed by atoms with van der Waals surface area (Å²) in [6.07, 6.45) is -13.2. The van der Waals surface area contributed by atoms with Crippen LogP contribution >= 0.6 is 0 Å². The van der Waals surface area contributed by atoms with Gasteiger partial charge in [0.2, 0.25) is 0 Å². The van der Waals surface area contributed by atoms with Crippen molar-refractivity contribution in [1.82, 2.24) is 0 Å². The Morgan fingerprint density at radius 3 is 1.92 bits per heavy atom. The van der Waals surface area contributed by atoms with Crippen LogP contribution in [0.3, 0.4) is 0 Å². The number of rotatable bonds is 2. The predicted molar refractivity (Wildman–Crippen MR) is 70.2 cm³/mol. The molecule has 0 bridgehead atoms. The molecule has 1 radical (unpaired) electrons. The summed E-state index contributed by atoms with van der Waals surface area (Å²) >= 11 is 0. The lowest BCUT2D eigenvalue weighted by molar-refractivity contribution is -0.348. The van der Waals surface area contributed by atoms with E-state index in [1.165, 1.54) is 18.2 Å². The minimum absolute atomic E-state index is 0.437. The van der Waals surface area contributed by atoms with Crippen molar-refractivity contribution >= 4 is 0 Å². The topological polar surface area (TPSA) is 23.8 Å². The maximum absolute atomic E-state index is 14.4. The van der Waals surface area contributed by atoms with Crippen molar-refractivity contribution < 1.29 is 39.5 Å². The van der Waals surface area contributed by atoms with Crippen LogP contribution in [-0.2, 0) is 5.67 Å². The number of nitrogens with zero attached hydrogens (tertiary/aromatic N) is 1. The molecule has 0 spiro atoms. The Hall–Kier alpha value is -2.70. The molecule has 0 aliphatic carbocycles. The van der Waals surface area contributed by atoms with Gasteiger partial charge in [-0.05, 0) is 12.1 Å². The van der Waals surface area contributed by atoms with Crippen LogP contribution in [0.4, 0.5) is 39.5 Å². The van der Waals surface area contributed by atoms with Crippen LogP contribution in [0.5, 0.6) is 0 Å². The molecule has 2 rings (SSSR count). The third kappa shape index (κ3) is 2.98. The van der Waals surface area contributed by atoms with Gasteiger partial charge < -0.3 is 0 Å². The fourth-order valence-corrected chi connectivity index (χ4v) is 2.32. The first-order valence-electron chi connectivity index (χ1n) is 6.58. The summed E-state index contributed by atoms with van der Waals surface area (Å²) in [6.45, 7) is 0. The van der Waals surface area contributed by atoms with Gasteiger partial charge in [-0.25, -0.2) is 13.2 Å². The van der Waals surface area contributed by atoms with E-state index in [-0.39, 0.29) is 0 Å². The quantitative estimate of drug-likeness (QED) is 0.621. The SMILES string of the molecule is N#Cc1ccccc1-c1c(F)[c]c(F)cc1C(F)(C(F)(F)F)C(F)(F)F. The number of benzene rings is 2. The molecular weight excluding hydrogens is 377 g/mol. The van der Waals surface area contributed by atoms with Crippen molar-refractivity contribution in [3.63, 3.8) is 0 Å². The van der Waals surface area contributed by atoms with Gasteiger partial charge >= 0.3 is 18.0 Å². The molecule has 0 saturated heterocycles. The number of hydrogen-bond donors (Lipinski definition) is 0. The molecule has 1 nitrogen and oxygen atoms in total. The molecule has 26 heavy (non-hydrogen) atoms. The average molecular weight is 382 g/mol. The Morgan fingerprint density at radius 1 is 0.885 bits per heavy atom. The van der Waals surface area contributed by atoms with Crippen molar-refractivity contribution in [2.45, 2.75) is 18.0 Å². The van der Waals surface area contributed by atoms with E-state index in [2.05, 4.69) is 0 Å². The molecule has 0 aliphatic heterocycles. The van der Waals surface area contributed by atoms with E-state index in [1.807, 2.05) is 0 Å². The van der Waals surface area contributed by atoms with Gasteiger partial charge in [-0.2, -0.15) is 31.6 Å². The molecule has 2 aromatic rings. The summed E-state index contributed by atoms with van der Waals surface area (Å²) in [5.74, 6) is -3.97. The first kappa shape index (κ1) is 19.6. The molecule has 0 N–H and O–H groups in total. The highest BCUT2D eigenvalue weighted by atomic mass is 19.4. The Labute approximate surface area is 140 Å². The van der Waals surface area contributed by atoms with Crippen molar-refractivity contribution in [2.75, 3.05) is 0 Å². The lowest BCUT2D eigenvalue weighted by Gasteiger charge is -2.32. The molecule has 0 atom stereocenters. The van der Waals surface area contributed by atoms with Crippen LogP contribution in [0.25, 0.3) is 11.1 Å². The van der Waals surface area contributed by atoms with Gasteiger partial charge in [-0.1, -0.05) is 18.2 Å². The van der Waals surface area contributed by atoms with Gasteiger partial charge in [0, 0.05) is 16.7 Å². The zero-order valence-electron chi connectivity index (χ0n) is 12.2. The molecule has 0 saturated carbocycles. The Kier molecular flexibility index (Phi) is 4.70. The summed E-state index contributed by atoms with van der Waals surface area (Å²) in [4.78, 5) is 0. The second-order valence-corrected chi connectivity index (χ2v) is 5.03. The second-order valence-electron chi connectivity index (χ2n) is 5.03. The molecule has 0 aromatic heterocycles. The number of alkyl halides is 7. The highest BCUT2D eigenvalue weighted by Gasteiger charge is 2.74. The van der Waals surface area contributed by atoms with E-state index in [1.54, 1.807) is 0 Å². The molecule has 0 unspecified atom stereocenters. The van der Waals surface area contributed by atoms with E-state index in [4.69, 9.17) is 5.26 Å². The third-order valence-electron chi connectivity index (χ3n) is 3.46. The lowest BCUT2D eigenvalue weighted by Crippen LogP contribution is -2.50. The van der Waals surface area contributed by atoms with E-state index in [9.17, 15) is 39.5 Å². The fraction of sp³-hybridized carbons (Fsp3) is 0.188. The Balaban J connectivity index is 3.01. The normalized spacial score (nSPS) is 12.8. The van der Waals surface area contributed by atoms with Crippen molar-refractivity contribution in [3.8, 4) is 17.2 Å². The van der Waals surface area contributed by atoms with Gasteiger partial charge in [0.25, 0.3) is 0 Å². The molecular formula is C16H5F9N. The van der Waals surface area contributed by atoms with E-state index in [0.29, 0.717) is 0 Å². The van der Waals surface area contributed by atoms with Crippen LogP contribution in [0.1, 0.15) is 11.1 Å². The minimum Gasteiger partial charge on any atom is -0.218 e. The standard InChI is InChI=1S/C16H5F9N/c17-9-5-11(14(19,15(20,21)22)16(23,24)25)13(12(18)6-9)10-4-2-1-3-8(10)7-26/h1-5H. The molecule has 137 valence electrons. The highest BCUT2D eigenvalue weighted by molar-refractivity contribution is 5.75. The molecule has 0 fully saturated rings. The Bertz CT molecular complexity index is 861. The van der Waals surface area contributed by atoms with Crippen molar-refractivity contribution in [3.05, 3.63) is 59.2 Å². The number of halogens is 9. The van der Waals surface area contributed by atoms with Gasteiger partial charge in [0.15, 0.2) is 0 Å². The first-order chi connectivity index (χ1) is 11.8. The Morgan fingerprint density at radius 2 is 1.42 bits per heavy atom. The predicted octanol–water partition coefficient (Wildman–Crippen LogP) is 5.59. The van der Waals surface area contributed by atoms with Gasteiger partial charge in [0.1, 0.15) is 11.6 Å². The second kappa shape index (κ2) is 6.23. The first-order valence-corrected chi connectivity index (χ1v) is 6.58. The minimum atomic E-state index is -6.58. The van der Waals surface area contributed by atoms with Crippen molar-refractivity contribution in [2.24, 2.45) is 0 Å². The summed E-state index contributed by atoms with van der Waals surface area (Å²) in [5.41, 5.74) is -11.3. The van der Waals surface area contributed by atoms with E-state index >= 15 is 0 Å². The van der Waals surface area contributed by atoms with Crippen LogP contribution in [0.15, 0.2) is 30.3 Å². The van der Waals surface area contributed by atoms with Crippen molar-refractivity contribution in [1.29, 1.82) is 5.26 Å². The monoisotopic (exact) mass is 382 g/mol. The average Bonchev–Trinajstić information content (AvgIpc) is 2.51. The molecule has 0 aliphatic rings. The summed E-state index contributed by atoms with van der Waals surface area (Å²) in [5, 5.41) is 8.94. The third-order valence-corrected chi connectivity index (χ3v) is 3.46. The number of nitriles is 1. The number of hydrogen-bond acceptors (Lipinski definition) is 1. The van der Waals surface area contributed by atoms with E-state index < -0.39 is 58.0 Å². The maximum atomic E-state index is 14.4. The van der Waals surface area contributed by atoms with Gasteiger partial charge in [-0.15, -0.1) is 0 Å². The highest BCUT2D eigenvalue weighted by Crippen LogP contribution is 2.55. The van der Waals surface area contributed by atoms with Gasteiger partial charge in [0.05, 0.1) is 17.7 Å². The fourth-order valence-electron chi connectivity index (χ4n) is 2.32. The maximum Gasteiger partial charge on any atom is 0.435 e.